The minimum atomic E-state index is -0.0809. The van der Waals surface area contributed by atoms with E-state index in [4.69, 9.17) is 4.74 Å². The quantitative estimate of drug-likeness (QED) is 0.716. The van der Waals surface area contributed by atoms with Crippen molar-refractivity contribution in [3.05, 3.63) is 51.2 Å². The summed E-state index contributed by atoms with van der Waals surface area (Å²) in [6.45, 7) is 6.03. The molecule has 152 valence electrons. The molecule has 2 aromatic rings. The lowest BCUT2D eigenvalue weighted by molar-refractivity contribution is -0.134. The normalized spacial score (nSPS) is 16.4. The van der Waals surface area contributed by atoms with Crippen LogP contribution in [-0.4, -0.2) is 43.3 Å². The van der Waals surface area contributed by atoms with Crippen molar-refractivity contribution in [1.29, 1.82) is 0 Å². The van der Waals surface area contributed by atoms with Crippen LogP contribution in [0.1, 0.15) is 44.6 Å². The van der Waals surface area contributed by atoms with E-state index in [-0.39, 0.29) is 43.0 Å². The van der Waals surface area contributed by atoms with E-state index in [1.165, 1.54) is 0 Å². The van der Waals surface area contributed by atoms with E-state index in [1.54, 1.807) is 18.4 Å². The number of hydrogen-bond donors (Lipinski definition) is 1. The Kier molecular flexibility index (Phi) is 8.04. The van der Waals surface area contributed by atoms with E-state index in [0.29, 0.717) is 13.1 Å². The van der Waals surface area contributed by atoms with Gasteiger partial charge in [-0.05, 0) is 26.0 Å². The van der Waals surface area contributed by atoms with Gasteiger partial charge >= 0.3 is 0 Å². The second kappa shape index (κ2) is 10.0. The zero-order valence-electron chi connectivity index (χ0n) is 16.5. The predicted molar refractivity (Wildman–Crippen MR) is 115 cm³/mol. The zero-order valence-corrected chi connectivity index (χ0v) is 18.1. The highest BCUT2D eigenvalue weighted by molar-refractivity contribution is 7.12. The van der Waals surface area contributed by atoms with Gasteiger partial charge in [0.05, 0.1) is 13.2 Å². The maximum atomic E-state index is 12.9. The van der Waals surface area contributed by atoms with Crippen molar-refractivity contribution in [2.75, 3.05) is 26.7 Å². The lowest BCUT2D eigenvalue weighted by atomic mass is 10.0. The molecule has 0 bridgehead atoms. The summed E-state index contributed by atoms with van der Waals surface area (Å²) < 4.78 is 5.48. The number of hydrogen-bond acceptors (Lipinski definition) is 5. The number of amides is 1. The van der Waals surface area contributed by atoms with Crippen LogP contribution in [0.25, 0.3) is 0 Å². The van der Waals surface area contributed by atoms with Crippen LogP contribution in [-0.2, 0) is 4.79 Å². The van der Waals surface area contributed by atoms with Gasteiger partial charge in [-0.1, -0.05) is 18.2 Å². The van der Waals surface area contributed by atoms with E-state index in [0.717, 1.165) is 33.2 Å². The van der Waals surface area contributed by atoms with E-state index >= 15 is 0 Å². The van der Waals surface area contributed by atoms with Gasteiger partial charge in [0.25, 0.3) is 0 Å². The van der Waals surface area contributed by atoms with Gasteiger partial charge in [-0.25, -0.2) is 0 Å². The van der Waals surface area contributed by atoms with Gasteiger partial charge in [-0.15, -0.1) is 23.7 Å². The summed E-state index contributed by atoms with van der Waals surface area (Å²) in [5.74, 6) is 0.851. The van der Waals surface area contributed by atoms with Gasteiger partial charge in [0.2, 0.25) is 5.91 Å². The predicted octanol–water partition coefficient (Wildman–Crippen LogP) is 3.93. The second-order valence-corrected chi connectivity index (χ2v) is 8.26. The van der Waals surface area contributed by atoms with Gasteiger partial charge in [0.15, 0.2) is 5.78 Å². The number of nitrogens with zero attached hydrogens (tertiary/aromatic N) is 1. The molecular formula is C21H27ClN2O3S. The van der Waals surface area contributed by atoms with Crippen molar-refractivity contribution in [1.82, 2.24) is 10.2 Å². The molecule has 1 aromatic heterocycles. The van der Waals surface area contributed by atoms with Gasteiger partial charge in [-0.3, -0.25) is 9.59 Å². The van der Waals surface area contributed by atoms with Crippen molar-refractivity contribution in [3.8, 4) is 5.75 Å². The van der Waals surface area contributed by atoms with Crippen LogP contribution in [0.3, 0.4) is 0 Å². The van der Waals surface area contributed by atoms with Crippen molar-refractivity contribution in [2.24, 2.45) is 0 Å². The highest BCUT2D eigenvalue weighted by atomic mass is 35.5. The van der Waals surface area contributed by atoms with E-state index in [2.05, 4.69) is 5.32 Å². The maximum Gasteiger partial charge on any atom is 0.223 e. The summed E-state index contributed by atoms with van der Waals surface area (Å²) in [4.78, 5) is 29.5. The largest absolute Gasteiger partial charge is 0.496 e. The molecule has 1 atom stereocenters. The standard InChI is InChI=1S/C21H26N2O3S.ClH/c1-14-12-17(15(2)27-14)19(24)8-9-21(25)23-11-10-22-13-18(23)16-6-4-5-7-20(16)26-3;/h4-7,12,18,22H,8-11,13H2,1-3H3;1H. The summed E-state index contributed by atoms with van der Waals surface area (Å²) in [5, 5.41) is 3.36. The van der Waals surface area contributed by atoms with E-state index in [9.17, 15) is 9.59 Å². The molecule has 1 fully saturated rings. The number of ether oxygens (including phenoxy) is 1. The number of benzene rings is 1. The fourth-order valence-electron chi connectivity index (χ4n) is 3.63. The topological polar surface area (TPSA) is 58.6 Å². The SMILES string of the molecule is COc1ccccc1C1CNCCN1C(=O)CCC(=O)c1cc(C)sc1C.Cl. The minimum absolute atomic E-state index is 0. The summed E-state index contributed by atoms with van der Waals surface area (Å²) in [5.41, 5.74) is 1.75. The number of piperazine rings is 1. The number of methoxy groups -OCH3 is 1. The van der Waals surface area contributed by atoms with Crippen molar-refractivity contribution in [2.45, 2.75) is 32.7 Å². The minimum Gasteiger partial charge on any atom is -0.496 e. The van der Waals surface area contributed by atoms with Crippen molar-refractivity contribution < 1.29 is 14.3 Å². The van der Waals surface area contributed by atoms with Gasteiger partial charge in [-0.2, -0.15) is 0 Å². The molecule has 3 rings (SSSR count). The van der Waals surface area contributed by atoms with Crippen molar-refractivity contribution >= 4 is 35.4 Å². The fraction of sp³-hybridized carbons (Fsp3) is 0.429. The Labute approximate surface area is 176 Å². The molecule has 0 radical (unpaired) electrons. The average Bonchev–Trinajstić information content (AvgIpc) is 3.04. The lowest BCUT2D eigenvalue weighted by Gasteiger charge is -2.37. The molecule has 1 aromatic carbocycles. The number of carbonyl (C=O) groups excluding carboxylic acids is 2. The Morgan fingerprint density at radius 2 is 2.00 bits per heavy atom. The van der Waals surface area contributed by atoms with Gasteiger partial charge in [0, 0.05) is 53.4 Å². The van der Waals surface area contributed by atoms with Gasteiger partial charge < -0.3 is 15.0 Å². The van der Waals surface area contributed by atoms with Crippen LogP contribution >= 0.6 is 23.7 Å². The fourth-order valence-corrected chi connectivity index (χ4v) is 4.57. The Balaban J connectivity index is 0.00000280. The lowest BCUT2D eigenvalue weighted by Crippen LogP contribution is -2.48. The third-order valence-electron chi connectivity index (χ3n) is 4.97. The smallest absolute Gasteiger partial charge is 0.223 e. The maximum absolute atomic E-state index is 12.9. The molecule has 7 heteroatoms. The molecule has 1 unspecified atom stereocenters. The van der Waals surface area contributed by atoms with E-state index in [1.807, 2.05) is 49.1 Å². The molecule has 5 nitrogen and oxygen atoms in total. The molecular weight excluding hydrogens is 396 g/mol. The Bertz CT molecular complexity index is 837. The zero-order chi connectivity index (χ0) is 19.4. The van der Waals surface area contributed by atoms with Gasteiger partial charge in [0.1, 0.15) is 5.75 Å². The average molecular weight is 423 g/mol. The first-order chi connectivity index (χ1) is 13.0. The molecule has 1 N–H and O–H groups in total. The van der Waals surface area contributed by atoms with Crippen LogP contribution < -0.4 is 10.1 Å². The Hall–Kier alpha value is -1.89. The number of rotatable bonds is 6. The van der Waals surface area contributed by atoms with Crippen molar-refractivity contribution in [3.63, 3.8) is 0 Å². The molecule has 1 aliphatic rings. The monoisotopic (exact) mass is 422 g/mol. The summed E-state index contributed by atoms with van der Waals surface area (Å²) in [6, 6.07) is 9.64. The summed E-state index contributed by atoms with van der Waals surface area (Å²) >= 11 is 1.62. The van der Waals surface area contributed by atoms with E-state index < -0.39 is 0 Å². The number of para-hydroxylation sites is 1. The molecule has 1 saturated heterocycles. The Morgan fingerprint density at radius 3 is 2.68 bits per heavy atom. The molecule has 28 heavy (non-hydrogen) atoms. The molecule has 0 spiro atoms. The number of nitrogens with one attached hydrogen (secondary N) is 1. The number of carbonyl (C=O) groups is 2. The number of halogens is 1. The van der Waals surface area contributed by atoms with Crippen LogP contribution in [0, 0.1) is 13.8 Å². The highest BCUT2D eigenvalue weighted by Crippen LogP contribution is 2.31. The second-order valence-electron chi connectivity index (χ2n) is 6.80. The molecule has 0 aliphatic carbocycles. The van der Waals surface area contributed by atoms with Crippen LogP contribution in [0.15, 0.2) is 30.3 Å². The number of thiophene rings is 1. The molecule has 1 amide bonds. The number of Topliss-reactive ketones (excluding diaryl/α,β-unsaturated/α-hetero) is 1. The molecule has 0 saturated carbocycles. The third-order valence-corrected chi connectivity index (χ3v) is 5.93. The van der Waals surface area contributed by atoms with Crippen LogP contribution in [0.4, 0.5) is 0 Å². The highest BCUT2D eigenvalue weighted by Gasteiger charge is 2.30. The Morgan fingerprint density at radius 1 is 1.25 bits per heavy atom. The number of aryl methyl sites for hydroxylation is 2. The first-order valence-electron chi connectivity index (χ1n) is 9.24. The van der Waals surface area contributed by atoms with Crippen LogP contribution in [0.2, 0.25) is 0 Å². The first-order valence-corrected chi connectivity index (χ1v) is 10.1. The summed E-state index contributed by atoms with van der Waals surface area (Å²) in [7, 11) is 1.64. The summed E-state index contributed by atoms with van der Waals surface area (Å²) in [6.07, 6.45) is 0.483. The first kappa shape index (κ1) is 22.4. The molecule has 1 aliphatic heterocycles. The van der Waals surface area contributed by atoms with Crippen LogP contribution in [0.5, 0.6) is 5.75 Å². The molecule has 2 heterocycles. The third kappa shape index (κ3) is 4.93. The number of ketones is 1.